The maximum atomic E-state index is 6.34. The van der Waals surface area contributed by atoms with Gasteiger partial charge in [-0.1, -0.05) is 88.0 Å². The summed E-state index contributed by atoms with van der Waals surface area (Å²) in [4.78, 5) is 2.29. The van der Waals surface area contributed by atoms with Crippen molar-refractivity contribution in [3.05, 3.63) is 84.1 Å². The molecule has 0 amide bonds. The van der Waals surface area contributed by atoms with Crippen LogP contribution in [-0.4, -0.2) is 31.1 Å². The first-order valence-corrected chi connectivity index (χ1v) is 10.5. The number of benzene rings is 2. The number of rotatable bonds is 9. The van der Waals surface area contributed by atoms with Crippen LogP contribution in [-0.2, 0) is 10.2 Å². The number of nitrogens with zero attached hydrogens (tertiary/aromatic N) is 1. The van der Waals surface area contributed by atoms with Crippen molar-refractivity contribution in [3.63, 3.8) is 0 Å². The summed E-state index contributed by atoms with van der Waals surface area (Å²) in [5.74, 6) is 0.769. The molecule has 2 rings (SSSR count). The van der Waals surface area contributed by atoms with Crippen molar-refractivity contribution in [1.29, 1.82) is 0 Å². The molecule has 2 aromatic rings. The van der Waals surface area contributed by atoms with Crippen molar-refractivity contribution < 1.29 is 4.74 Å². The van der Waals surface area contributed by atoms with Gasteiger partial charge in [0.15, 0.2) is 0 Å². The van der Waals surface area contributed by atoms with Gasteiger partial charge in [0, 0.05) is 6.04 Å². The average molecular weight is 382 g/mol. The van der Waals surface area contributed by atoms with E-state index in [9.17, 15) is 0 Å². The molecule has 2 atom stereocenters. The number of hydrogen-bond donors (Lipinski definition) is 0. The van der Waals surface area contributed by atoms with E-state index in [0.717, 1.165) is 18.6 Å². The topological polar surface area (TPSA) is 12.5 Å². The Bertz CT molecular complexity index is 639. The molecule has 154 valence electrons. The molecule has 2 nitrogen and oxygen atoms in total. The summed E-state index contributed by atoms with van der Waals surface area (Å²) in [5, 5.41) is 0. The van der Waals surface area contributed by atoms with Crippen molar-refractivity contribution in [2.75, 3.05) is 14.1 Å². The molecule has 0 aliphatic carbocycles. The summed E-state index contributed by atoms with van der Waals surface area (Å²) in [7, 11) is 4.29. The normalized spacial score (nSPS) is 13.3. The Morgan fingerprint density at radius 3 is 1.71 bits per heavy atom. The standard InChI is InChI=1S/C24H33NO.C2H6/c1-7-23(26-19(2)3)24(18-20(4)25(5)6,21-14-10-8-11-15-21)22-16-12-9-13-17-22;1-2/h8-17,20,23H,2,7,18H2,1,3-6H3;1-2H3/t20-,23?;/m0./s1. The van der Waals surface area contributed by atoms with Gasteiger partial charge in [0.05, 0.1) is 11.2 Å². The van der Waals surface area contributed by atoms with Gasteiger partial charge in [-0.15, -0.1) is 0 Å². The van der Waals surface area contributed by atoms with Crippen LogP contribution in [0.2, 0.25) is 0 Å². The molecule has 0 saturated heterocycles. The molecule has 28 heavy (non-hydrogen) atoms. The molecule has 1 unspecified atom stereocenters. The van der Waals surface area contributed by atoms with Crippen molar-refractivity contribution in [3.8, 4) is 0 Å². The van der Waals surface area contributed by atoms with Gasteiger partial charge in [-0.05, 0) is 51.9 Å². The molecule has 0 bridgehead atoms. The van der Waals surface area contributed by atoms with E-state index in [1.54, 1.807) is 0 Å². The minimum atomic E-state index is -0.236. The van der Waals surface area contributed by atoms with Crippen molar-refractivity contribution >= 4 is 0 Å². The van der Waals surface area contributed by atoms with Crippen LogP contribution in [0.3, 0.4) is 0 Å². The first kappa shape index (κ1) is 24.0. The lowest BCUT2D eigenvalue weighted by Gasteiger charge is -2.44. The molecule has 0 spiro atoms. The third-order valence-corrected chi connectivity index (χ3v) is 5.34. The number of ether oxygens (including phenoxy) is 1. The predicted molar refractivity (Wildman–Crippen MR) is 123 cm³/mol. The zero-order valence-corrected chi connectivity index (χ0v) is 18.9. The van der Waals surface area contributed by atoms with Crippen molar-refractivity contribution in [2.45, 2.75) is 65.0 Å². The zero-order chi connectivity index (χ0) is 21.2. The number of allylic oxidation sites excluding steroid dienone is 1. The van der Waals surface area contributed by atoms with E-state index in [1.165, 1.54) is 11.1 Å². The number of hydrogen-bond acceptors (Lipinski definition) is 2. The van der Waals surface area contributed by atoms with E-state index in [-0.39, 0.29) is 11.5 Å². The molecule has 2 aromatic carbocycles. The fraction of sp³-hybridized carbons (Fsp3) is 0.462. The largest absolute Gasteiger partial charge is 0.494 e. The van der Waals surface area contributed by atoms with Crippen LogP contribution < -0.4 is 0 Å². The highest BCUT2D eigenvalue weighted by Crippen LogP contribution is 2.43. The molecule has 0 fully saturated rings. The molecular formula is C26H39NO. The summed E-state index contributed by atoms with van der Waals surface area (Å²) >= 11 is 0. The second-order valence-corrected chi connectivity index (χ2v) is 7.44. The van der Waals surface area contributed by atoms with Gasteiger partial charge in [-0.25, -0.2) is 0 Å². The maximum Gasteiger partial charge on any atom is 0.112 e. The first-order valence-electron chi connectivity index (χ1n) is 10.5. The van der Waals surface area contributed by atoms with E-state index in [2.05, 4.69) is 100 Å². The van der Waals surface area contributed by atoms with E-state index < -0.39 is 0 Å². The van der Waals surface area contributed by atoms with E-state index in [0.29, 0.717) is 6.04 Å². The first-order chi connectivity index (χ1) is 13.4. The third kappa shape index (κ3) is 5.72. The molecule has 0 radical (unpaired) electrons. The van der Waals surface area contributed by atoms with Gasteiger partial charge in [0.25, 0.3) is 0 Å². The highest BCUT2D eigenvalue weighted by Gasteiger charge is 2.44. The third-order valence-electron chi connectivity index (χ3n) is 5.34. The SMILES string of the molecule is C=C(C)OC(CC)C(C[C@H](C)N(C)C)(c1ccccc1)c1ccccc1.CC. The van der Waals surface area contributed by atoms with E-state index >= 15 is 0 Å². The Morgan fingerprint density at radius 1 is 0.964 bits per heavy atom. The van der Waals surface area contributed by atoms with Crippen LogP contribution in [0.25, 0.3) is 0 Å². The fourth-order valence-corrected chi connectivity index (χ4v) is 3.80. The van der Waals surface area contributed by atoms with Crippen LogP contribution in [0.4, 0.5) is 0 Å². The molecule has 0 saturated carbocycles. The van der Waals surface area contributed by atoms with Gasteiger partial charge in [0.1, 0.15) is 6.10 Å². The zero-order valence-electron chi connectivity index (χ0n) is 18.9. The molecular weight excluding hydrogens is 342 g/mol. The maximum absolute atomic E-state index is 6.34. The van der Waals surface area contributed by atoms with Gasteiger partial charge >= 0.3 is 0 Å². The summed E-state index contributed by atoms with van der Waals surface area (Å²) in [5.41, 5.74) is 2.36. The predicted octanol–water partition coefficient (Wildman–Crippen LogP) is 6.67. The fourth-order valence-electron chi connectivity index (χ4n) is 3.80. The summed E-state index contributed by atoms with van der Waals surface area (Å²) in [6.45, 7) is 14.5. The quantitative estimate of drug-likeness (QED) is 0.450. The second kappa shape index (κ2) is 11.7. The van der Waals surface area contributed by atoms with Gasteiger partial charge in [0.2, 0.25) is 0 Å². The Hall–Kier alpha value is -2.06. The molecule has 0 aromatic heterocycles. The summed E-state index contributed by atoms with van der Waals surface area (Å²) in [6, 6.07) is 22.0. The van der Waals surface area contributed by atoms with Crippen LogP contribution in [0, 0.1) is 0 Å². The van der Waals surface area contributed by atoms with Gasteiger partial charge in [-0.2, -0.15) is 0 Å². The minimum absolute atomic E-state index is 0.0206. The average Bonchev–Trinajstić information content (AvgIpc) is 2.72. The van der Waals surface area contributed by atoms with Gasteiger partial charge in [-0.3, -0.25) is 0 Å². The molecule has 0 heterocycles. The second-order valence-electron chi connectivity index (χ2n) is 7.44. The summed E-state index contributed by atoms with van der Waals surface area (Å²) in [6.07, 6.45) is 1.91. The lowest BCUT2D eigenvalue weighted by molar-refractivity contribution is 0.0432. The highest BCUT2D eigenvalue weighted by molar-refractivity contribution is 5.41. The highest BCUT2D eigenvalue weighted by atomic mass is 16.5. The Labute approximate surface area is 173 Å². The van der Waals surface area contributed by atoms with E-state index in [4.69, 9.17) is 4.74 Å². The lowest BCUT2D eigenvalue weighted by atomic mass is 9.66. The Balaban J connectivity index is 0.00000190. The van der Waals surface area contributed by atoms with Gasteiger partial charge < -0.3 is 9.64 Å². The monoisotopic (exact) mass is 381 g/mol. The van der Waals surface area contributed by atoms with Crippen LogP contribution in [0.1, 0.15) is 58.6 Å². The van der Waals surface area contributed by atoms with Crippen molar-refractivity contribution in [1.82, 2.24) is 4.90 Å². The molecule has 0 aliphatic heterocycles. The lowest BCUT2D eigenvalue weighted by Crippen LogP contribution is -2.46. The smallest absolute Gasteiger partial charge is 0.112 e. The molecule has 2 heteroatoms. The molecule has 0 N–H and O–H groups in total. The molecule has 0 aliphatic rings. The minimum Gasteiger partial charge on any atom is -0.494 e. The van der Waals surface area contributed by atoms with Crippen molar-refractivity contribution in [2.24, 2.45) is 0 Å². The van der Waals surface area contributed by atoms with Crippen LogP contribution >= 0.6 is 0 Å². The van der Waals surface area contributed by atoms with Crippen LogP contribution in [0.15, 0.2) is 73.0 Å². The Kier molecular flexibility index (Phi) is 10.0. The summed E-state index contributed by atoms with van der Waals surface area (Å²) < 4.78 is 6.34. The van der Waals surface area contributed by atoms with E-state index in [1.807, 2.05) is 20.8 Å². The Morgan fingerprint density at radius 2 is 1.39 bits per heavy atom. The van der Waals surface area contributed by atoms with Crippen LogP contribution in [0.5, 0.6) is 0 Å².